The zero-order valence-corrected chi connectivity index (χ0v) is 13.3. The summed E-state index contributed by atoms with van der Waals surface area (Å²) >= 11 is 8.64. The van der Waals surface area contributed by atoms with Gasteiger partial charge >= 0.3 is 0 Å². The van der Waals surface area contributed by atoms with Gasteiger partial charge in [-0.25, -0.2) is 4.98 Å². The summed E-state index contributed by atoms with van der Waals surface area (Å²) in [6.07, 6.45) is 4.86. The van der Waals surface area contributed by atoms with Crippen LogP contribution in [-0.4, -0.2) is 9.55 Å². The minimum Gasteiger partial charge on any atom is -0.333 e. The molecule has 0 saturated heterocycles. The molecular formula is C11H13Br2N3S. The lowest BCUT2D eigenvalue weighted by Gasteiger charge is -2.13. The highest BCUT2D eigenvalue weighted by Gasteiger charge is 2.19. The standard InChI is InChI=1S/C11H13Br2N3S/c1-2-4-16-5-3-15-11(16)9(14)7-6-8(12)17-10(7)13/h3,5-6,9H,2,4,14H2,1H3. The Hall–Kier alpha value is -0.170. The van der Waals surface area contributed by atoms with Crippen molar-refractivity contribution in [1.82, 2.24) is 9.55 Å². The number of hydrogen-bond acceptors (Lipinski definition) is 3. The number of thiophene rings is 1. The fourth-order valence-corrected chi connectivity index (χ4v) is 4.66. The van der Waals surface area contributed by atoms with E-state index in [2.05, 4.69) is 48.3 Å². The van der Waals surface area contributed by atoms with Gasteiger partial charge in [-0.05, 0) is 44.3 Å². The van der Waals surface area contributed by atoms with Gasteiger partial charge in [0.25, 0.3) is 0 Å². The van der Waals surface area contributed by atoms with Gasteiger partial charge < -0.3 is 10.3 Å². The van der Waals surface area contributed by atoms with Gasteiger partial charge in [0.05, 0.1) is 13.6 Å². The third kappa shape index (κ3) is 2.81. The molecule has 0 aromatic carbocycles. The Bertz CT molecular complexity index is 507. The molecule has 0 amide bonds. The molecule has 17 heavy (non-hydrogen) atoms. The fourth-order valence-electron chi connectivity index (χ4n) is 1.73. The van der Waals surface area contributed by atoms with Crippen LogP contribution in [0.3, 0.4) is 0 Å². The Morgan fingerprint density at radius 1 is 1.53 bits per heavy atom. The zero-order valence-electron chi connectivity index (χ0n) is 9.36. The number of halogens is 2. The Balaban J connectivity index is 2.33. The fraction of sp³-hybridized carbons (Fsp3) is 0.364. The van der Waals surface area contributed by atoms with Crippen LogP contribution < -0.4 is 5.73 Å². The summed E-state index contributed by atoms with van der Waals surface area (Å²) in [4.78, 5) is 4.37. The average Bonchev–Trinajstić information content (AvgIpc) is 2.85. The van der Waals surface area contributed by atoms with Crippen LogP contribution in [0.25, 0.3) is 0 Å². The molecule has 1 atom stereocenters. The molecule has 3 nitrogen and oxygen atoms in total. The molecule has 2 N–H and O–H groups in total. The molecule has 0 radical (unpaired) electrons. The molecule has 6 heteroatoms. The van der Waals surface area contributed by atoms with Crippen LogP contribution in [0, 0.1) is 0 Å². The summed E-state index contributed by atoms with van der Waals surface area (Å²) in [6, 6.07) is 1.86. The van der Waals surface area contributed by atoms with E-state index < -0.39 is 0 Å². The van der Waals surface area contributed by atoms with E-state index in [1.165, 1.54) is 0 Å². The summed E-state index contributed by atoms with van der Waals surface area (Å²) in [5.74, 6) is 0.915. The molecule has 2 heterocycles. The second kappa shape index (κ2) is 5.65. The van der Waals surface area contributed by atoms with Crippen molar-refractivity contribution < 1.29 is 0 Å². The van der Waals surface area contributed by atoms with Crippen molar-refractivity contribution >= 4 is 43.2 Å². The molecule has 0 fully saturated rings. The van der Waals surface area contributed by atoms with Crippen LogP contribution >= 0.6 is 43.2 Å². The van der Waals surface area contributed by atoms with Crippen LogP contribution in [0.1, 0.15) is 30.8 Å². The van der Waals surface area contributed by atoms with Gasteiger partial charge in [0.15, 0.2) is 0 Å². The largest absolute Gasteiger partial charge is 0.333 e. The Labute approximate surface area is 121 Å². The van der Waals surface area contributed by atoms with Gasteiger partial charge in [0, 0.05) is 24.5 Å². The maximum absolute atomic E-state index is 6.28. The molecule has 1 unspecified atom stereocenters. The average molecular weight is 379 g/mol. The van der Waals surface area contributed by atoms with Crippen molar-refractivity contribution in [2.75, 3.05) is 0 Å². The molecule has 0 spiro atoms. The SMILES string of the molecule is CCCn1ccnc1C(N)c1cc(Br)sc1Br. The summed E-state index contributed by atoms with van der Waals surface area (Å²) < 4.78 is 4.24. The Morgan fingerprint density at radius 3 is 2.88 bits per heavy atom. The van der Waals surface area contributed by atoms with E-state index in [4.69, 9.17) is 5.73 Å². The van der Waals surface area contributed by atoms with Crippen molar-refractivity contribution in [3.8, 4) is 0 Å². The maximum atomic E-state index is 6.28. The molecular weight excluding hydrogens is 366 g/mol. The summed E-state index contributed by atoms with van der Waals surface area (Å²) in [5.41, 5.74) is 7.35. The molecule has 0 aliphatic heterocycles. The smallest absolute Gasteiger partial charge is 0.130 e. The number of hydrogen-bond donors (Lipinski definition) is 1. The topological polar surface area (TPSA) is 43.8 Å². The summed E-state index contributed by atoms with van der Waals surface area (Å²) in [7, 11) is 0. The summed E-state index contributed by atoms with van der Waals surface area (Å²) in [5, 5.41) is 0. The zero-order chi connectivity index (χ0) is 12.4. The highest BCUT2D eigenvalue weighted by Crippen LogP contribution is 2.36. The monoisotopic (exact) mass is 377 g/mol. The predicted molar refractivity (Wildman–Crippen MR) is 78.3 cm³/mol. The molecule has 92 valence electrons. The molecule has 2 rings (SSSR count). The van der Waals surface area contributed by atoms with Crippen LogP contribution in [0.5, 0.6) is 0 Å². The molecule has 0 aliphatic carbocycles. The van der Waals surface area contributed by atoms with Gasteiger partial charge in [0.1, 0.15) is 5.82 Å². The number of imidazole rings is 1. The second-order valence-corrected chi connectivity index (χ2v) is 7.49. The van der Waals surface area contributed by atoms with Crippen molar-refractivity contribution in [3.63, 3.8) is 0 Å². The van der Waals surface area contributed by atoms with E-state index >= 15 is 0 Å². The lowest BCUT2D eigenvalue weighted by molar-refractivity contribution is 0.613. The third-order valence-electron chi connectivity index (χ3n) is 2.51. The lowest BCUT2D eigenvalue weighted by atomic mass is 10.1. The van der Waals surface area contributed by atoms with Crippen molar-refractivity contribution in [1.29, 1.82) is 0 Å². The first-order valence-electron chi connectivity index (χ1n) is 5.34. The van der Waals surface area contributed by atoms with E-state index in [1.807, 2.05) is 12.3 Å². The third-order valence-corrected chi connectivity index (χ3v) is 4.89. The van der Waals surface area contributed by atoms with E-state index in [9.17, 15) is 0 Å². The highest BCUT2D eigenvalue weighted by atomic mass is 79.9. The molecule has 2 aromatic rings. The lowest BCUT2D eigenvalue weighted by Crippen LogP contribution is -2.17. The first-order chi connectivity index (χ1) is 8.13. The first-order valence-corrected chi connectivity index (χ1v) is 7.75. The maximum Gasteiger partial charge on any atom is 0.130 e. The van der Waals surface area contributed by atoms with Crippen molar-refractivity contribution in [2.45, 2.75) is 25.9 Å². The first kappa shape index (κ1) is 13.3. The molecule has 0 aliphatic rings. The second-order valence-electron chi connectivity index (χ2n) is 3.74. The van der Waals surface area contributed by atoms with Crippen molar-refractivity contribution in [2.24, 2.45) is 5.73 Å². The van der Waals surface area contributed by atoms with Gasteiger partial charge in [-0.3, -0.25) is 0 Å². The minimum absolute atomic E-state index is 0.187. The number of nitrogens with zero attached hydrogens (tertiary/aromatic N) is 2. The number of rotatable bonds is 4. The van der Waals surface area contributed by atoms with E-state index in [0.717, 1.165) is 31.9 Å². The molecule has 2 aromatic heterocycles. The highest BCUT2D eigenvalue weighted by molar-refractivity contribution is 9.12. The van der Waals surface area contributed by atoms with E-state index in [-0.39, 0.29) is 6.04 Å². The van der Waals surface area contributed by atoms with Gasteiger partial charge in [0.2, 0.25) is 0 Å². The van der Waals surface area contributed by atoms with Gasteiger partial charge in [-0.2, -0.15) is 0 Å². The van der Waals surface area contributed by atoms with E-state index in [0.29, 0.717) is 0 Å². The quantitative estimate of drug-likeness (QED) is 0.875. The number of aryl methyl sites for hydroxylation is 1. The number of nitrogens with two attached hydrogens (primary N) is 1. The minimum atomic E-state index is -0.187. The van der Waals surface area contributed by atoms with E-state index in [1.54, 1.807) is 17.5 Å². The molecule has 0 saturated carbocycles. The van der Waals surface area contributed by atoms with Crippen LogP contribution in [-0.2, 0) is 6.54 Å². The summed E-state index contributed by atoms with van der Waals surface area (Å²) in [6.45, 7) is 3.10. The Kier molecular flexibility index (Phi) is 4.41. The number of aromatic nitrogens is 2. The van der Waals surface area contributed by atoms with Crippen LogP contribution in [0.2, 0.25) is 0 Å². The molecule has 0 bridgehead atoms. The normalized spacial score (nSPS) is 12.9. The Morgan fingerprint density at radius 2 is 2.29 bits per heavy atom. The van der Waals surface area contributed by atoms with Crippen LogP contribution in [0.15, 0.2) is 26.0 Å². The van der Waals surface area contributed by atoms with Crippen LogP contribution in [0.4, 0.5) is 0 Å². The van der Waals surface area contributed by atoms with Gasteiger partial charge in [-0.1, -0.05) is 6.92 Å². The van der Waals surface area contributed by atoms with Crippen molar-refractivity contribution in [3.05, 3.63) is 37.4 Å². The predicted octanol–water partition coefficient (Wildman–Crippen LogP) is 3.93. The van der Waals surface area contributed by atoms with Gasteiger partial charge in [-0.15, -0.1) is 11.3 Å².